The zero-order valence-electron chi connectivity index (χ0n) is 14.0. The van der Waals surface area contributed by atoms with Gasteiger partial charge in [0, 0.05) is 6.04 Å². The summed E-state index contributed by atoms with van der Waals surface area (Å²) in [7, 11) is 1.62. The van der Waals surface area contributed by atoms with E-state index < -0.39 is 6.10 Å². The second kappa shape index (κ2) is 6.61. The Morgan fingerprint density at radius 3 is 2.35 bits per heavy atom. The predicted octanol–water partition coefficient (Wildman–Crippen LogP) is 3.97. The number of hydrogen-bond acceptors (Lipinski definition) is 3. The van der Waals surface area contributed by atoms with Crippen LogP contribution in [0.25, 0.3) is 0 Å². The SMILES string of the molecule is COc1cnn(C(C)C)c1C(O)CC(C)CC(C)(C)C. The van der Waals surface area contributed by atoms with Crippen molar-refractivity contribution in [1.29, 1.82) is 0 Å². The van der Waals surface area contributed by atoms with E-state index in [-0.39, 0.29) is 11.5 Å². The van der Waals surface area contributed by atoms with E-state index in [4.69, 9.17) is 4.74 Å². The average molecular weight is 282 g/mol. The van der Waals surface area contributed by atoms with Crippen LogP contribution in [-0.4, -0.2) is 22.0 Å². The summed E-state index contributed by atoms with van der Waals surface area (Å²) < 4.78 is 7.19. The lowest BCUT2D eigenvalue weighted by Crippen LogP contribution is -2.17. The van der Waals surface area contributed by atoms with E-state index in [1.54, 1.807) is 13.3 Å². The minimum atomic E-state index is -0.535. The van der Waals surface area contributed by atoms with Crippen LogP contribution in [0.3, 0.4) is 0 Å². The lowest BCUT2D eigenvalue weighted by atomic mass is 9.83. The average Bonchev–Trinajstić information content (AvgIpc) is 2.69. The normalized spacial score (nSPS) is 15.4. The van der Waals surface area contributed by atoms with Gasteiger partial charge in [0.1, 0.15) is 5.69 Å². The highest BCUT2D eigenvalue weighted by Gasteiger charge is 2.25. The molecule has 116 valence electrons. The van der Waals surface area contributed by atoms with Gasteiger partial charge in [-0.2, -0.15) is 5.10 Å². The fourth-order valence-corrected chi connectivity index (χ4v) is 2.86. The summed E-state index contributed by atoms with van der Waals surface area (Å²) in [5.74, 6) is 1.12. The van der Waals surface area contributed by atoms with E-state index in [2.05, 4.69) is 46.6 Å². The Morgan fingerprint density at radius 2 is 1.90 bits per heavy atom. The van der Waals surface area contributed by atoms with Gasteiger partial charge in [-0.25, -0.2) is 0 Å². The minimum Gasteiger partial charge on any atom is -0.493 e. The molecule has 20 heavy (non-hydrogen) atoms. The van der Waals surface area contributed by atoms with E-state index in [9.17, 15) is 5.11 Å². The van der Waals surface area contributed by atoms with Crippen molar-refractivity contribution in [2.24, 2.45) is 11.3 Å². The molecule has 2 atom stereocenters. The highest BCUT2D eigenvalue weighted by Crippen LogP contribution is 2.34. The number of methoxy groups -OCH3 is 1. The number of rotatable bonds is 6. The van der Waals surface area contributed by atoms with Crippen LogP contribution < -0.4 is 4.74 Å². The molecule has 1 aromatic rings. The summed E-state index contributed by atoms with van der Waals surface area (Å²) in [6.07, 6.45) is 2.97. The molecule has 4 nitrogen and oxygen atoms in total. The van der Waals surface area contributed by atoms with Crippen LogP contribution in [0.15, 0.2) is 6.20 Å². The summed E-state index contributed by atoms with van der Waals surface area (Å²) in [6.45, 7) is 13.0. The smallest absolute Gasteiger partial charge is 0.162 e. The maximum atomic E-state index is 10.6. The van der Waals surface area contributed by atoms with E-state index in [1.807, 2.05) is 4.68 Å². The molecular weight excluding hydrogens is 252 g/mol. The fraction of sp³-hybridized carbons (Fsp3) is 0.812. The zero-order chi connectivity index (χ0) is 15.5. The molecule has 0 amide bonds. The largest absolute Gasteiger partial charge is 0.493 e. The van der Waals surface area contributed by atoms with Gasteiger partial charge in [-0.15, -0.1) is 0 Å². The third-order valence-electron chi connectivity index (χ3n) is 3.41. The Hall–Kier alpha value is -1.03. The lowest BCUT2D eigenvalue weighted by Gasteiger charge is -2.25. The molecule has 0 fully saturated rings. The molecule has 0 aromatic carbocycles. The van der Waals surface area contributed by atoms with Crippen LogP contribution in [-0.2, 0) is 0 Å². The molecule has 1 heterocycles. The summed E-state index contributed by atoms with van der Waals surface area (Å²) in [4.78, 5) is 0. The summed E-state index contributed by atoms with van der Waals surface area (Å²) >= 11 is 0. The molecule has 1 N–H and O–H groups in total. The Bertz CT molecular complexity index is 419. The molecule has 0 radical (unpaired) electrons. The molecule has 4 heteroatoms. The molecule has 1 rings (SSSR count). The van der Waals surface area contributed by atoms with Gasteiger partial charge in [-0.05, 0) is 38.0 Å². The maximum absolute atomic E-state index is 10.6. The van der Waals surface area contributed by atoms with Gasteiger partial charge in [-0.1, -0.05) is 27.7 Å². The number of hydrogen-bond donors (Lipinski definition) is 1. The standard InChI is InChI=1S/C16H30N2O2/c1-11(2)18-15(14(20-7)10-17-18)13(19)8-12(3)9-16(4,5)6/h10-13,19H,8-9H2,1-7H3. The van der Waals surface area contributed by atoms with Crippen molar-refractivity contribution in [2.75, 3.05) is 7.11 Å². The minimum absolute atomic E-state index is 0.210. The van der Waals surface area contributed by atoms with Gasteiger partial charge >= 0.3 is 0 Å². The van der Waals surface area contributed by atoms with Crippen molar-refractivity contribution >= 4 is 0 Å². The molecule has 2 unspecified atom stereocenters. The highest BCUT2D eigenvalue weighted by molar-refractivity contribution is 5.27. The number of ether oxygens (including phenoxy) is 1. The molecule has 0 aliphatic rings. The van der Waals surface area contributed by atoms with E-state index in [0.29, 0.717) is 11.7 Å². The highest BCUT2D eigenvalue weighted by atomic mass is 16.5. The van der Waals surface area contributed by atoms with Crippen molar-refractivity contribution in [3.8, 4) is 5.75 Å². The van der Waals surface area contributed by atoms with Crippen LogP contribution in [0, 0.1) is 11.3 Å². The van der Waals surface area contributed by atoms with Crippen molar-refractivity contribution < 1.29 is 9.84 Å². The van der Waals surface area contributed by atoms with Gasteiger partial charge in [0.2, 0.25) is 0 Å². The predicted molar refractivity (Wildman–Crippen MR) is 82.0 cm³/mol. The first-order valence-corrected chi connectivity index (χ1v) is 7.45. The Morgan fingerprint density at radius 1 is 1.30 bits per heavy atom. The van der Waals surface area contributed by atoms with Crippen molar-refractivity contribution in [2.45, 2.75) is 66.5 Å². The molecule has 1 aromatic heterocycles. The first kappa shape index (κ1) is 17.0. The first-order chi connectivity index (χ1) is 9.15. The maximum Gasteiger partial charge on any atom is 0.162 e. The molecule has 0 spiro atoms. The molecule has 0 saturated carbocycles. The molecule has 0 saturated heterocycles. The van der Waals surface area contributed by atoms with Gasteiger partial charge < -0.3 is 9.84 Å². The number of aliphatic hydroxyl groups excluding tert-OH is 1. The van der Waals surface area contributed by atoms with Gasteiger partial charge in [0.15, 0.2) is 5.75 Å². The number of nitrogens with zero attached hydrogens (tertiary/aromatic N) is 2. The zero-order valence-corrected chi connectivity index (χ0v) is 14.0. The van der Waals surface area contributed by atoms with E-state index in [0.717, 1.165) is 18.5 Å². The fourth-order valence-electron chi connectivity index (χ4n) is 2.86. The Labute approximate surface area is 123 Å². The second-order valence-electron chi connectivity index (χ2n) is 7.26. The van der Waals surface area contributed by atoms with Crippen LogP contribution in [0.5, 0.6) is 5.75 Å². The first-order valence-electron chi connectivity index (χ1n) is 7.45. The summed E-state index contributed by atoms with van der Waals surface area (Å²) in [6, 6.07) is 0.210. The molecule has 0 aliphatic heterocycles. The number of aromatic nitrogens is 2. The third-order valence-corrected chi connectivity index (χ3v) is 3.41. The van der Waals surface area contributed by atoms with Crippen molar-refractivity contribution in [1.82, 2.24) is 9.78 Å². The quantitative estimate of drug-likeness (QED) is 0.859. The van der Waals surface area contributed by atoms with Crippen LogP contribution in [0.4, 0.5) is 0 Å². The Balaban J connectivity index is 2.86. The summed E-state index contributed by atoms with van der Waals surface area (Å²) in [5.41, 5.74) is 1.07. The van der Waals surface area contributed by atoms with Gasteiger partial charge in [-0.3, -0.25) is 4.68 Å². The van der Waals surface area contributed by atoms with Gasteiger partial charge in [0.25, 0.3) is 0 Å². The second-order valence-corrected chi connectivity index (χ2v) is 7.26. The lowest BCUT2D eigenvalue weighted by molar-refractivity contribution is 0.120. The van der Waals surface area contributed by atoms with Crippen LogP contribution >= 0.6 is 0 Å². The third kappa shape index (κ3) is 4.51. The topological polar surface area (TPSA) is 47.3 Å². The Kier molecular flexibility index (Phi) is 5.63. The van der Waals surface area contributed by atoms with Crippen LogP contribution in [0.2, 0.25) is 0 Å². The molecule has 0 aliphatic carbocycles. The monoisotopic (exact) mass is 282 g/mol. The molecular formula is C16H30N2O2. The van der Waals surface area contributed by atoms with Crippen molar-refractivity contribution in [3.63, 3.8) is 0 Å². The van der Waals surface area contributed by atoms with E-state index >= 15 is 0 Å². The molecule has 0 bridgehead atoms. The number of aliphatic hydroxyl groups is 1. The summed E-state index contributed by atoms with van der Waals surface area (Å²) in [5, 5.41) is 14.9. The van der Waals surface area contributed by atoms with E-state index in [1.165, 1.54) is 0 Å². The van der Waals surface area contributed by atoms with Crippen molar-refractivity contribution in [3.05, 3.63) is 11.9 Å². The van der Waals surface area contributed by atoms with Gasteiger partial charge in [0.05, 0.1) is 19.4 Å². The van der Waals surface area contributed by atoms with Crippen LogP contribution in [0.1, 0.15) is 72.2 Å².